The maximum atomic E-state index is 12.5. The Morgan fingerprint density at radius 1 is 1.19 bits per heavy atom. The van der Waals surface area contributed by atoms with E-state index in [2.05, 4.69) is 17.1 Å². The standard InChI is InChI=1S/C17H31N3O/c1-2-7-20-8-5-12(6-9-20)11-19-17(21)15-13-3-4-14(10-13)16(15)18/h12-16H,2-11,18H2,1H3,(H,19,21). The quantitative estimate of drug-likeness (QED) is 0.809. The van der Waals surface area contributed by atoms with E-state index < -0.39 is 0 Å². The van der Waals surface area contributed by atoms with Gasteiger partial charge in [0.05, 0.1) is 5.92 Å². The van der Waals surface area contributed by atoms with E-state index in [1.165, 1.54) is 58.2 Å². The van der Waals surface area contributed by atoms with Gasteiger partial charge in [0.2, 0.25) is 5.91 Å². The molecule has 3 N–H and O–H groups in total. The van der Waals surface area contributed by atoms with Gasteiger partial charge in [0.25, 0.3) is 0 Å². The van der Waals surface area contributed by atoms with E-state index in [9.17, 15) is 4.79 Å². The summed E-state index contributed by atoms with van der Waals surface area (Å²) in [5.41, 5.74) is 6.26. The van der Waals surface area contributed by atoms with Crippen LogP contribution in [0.2, 0.25) is 0 Å². The zero-order valence-corrected chi connectivity index (χ0v) is 13.4. The Morgan fingerprint density at radius 2 is 1.90 bits per heavy atom. The zero-order valence-electron chi connectivity index (χ0n) is 13.4. The molecule has 1 saturated heterocycles. The molecular formula is C17H31N3O. The van der Waals surface area contributed by atoms with Crippen molar-refractivity contribution in [3.05, 3.63) is 0 Å². The second kappa shape index (κ2) is 6.66. The van der Waals surface area contributed by atoms with Gasteiger partial charge in [-0.15, -0.1) is 0 Å². The maximum Gasteiger partial charge on any atom is 0.224 e. The first-order valence-electron chi connectivity index (χ1n) is 8.94. The summed E-state index contributed by atoms with van der Waals surface area (Å²) in [6.45, 7) is 6.72. The lowest BCUT2D eigenvalue weighted by molar-refractivity contribution is -0.127. The number of nitrogens with two attached hydrogens (primary N) is 1. The van der Waals surface area contributed by atoms with Gasteiger partial charge < -0.3 is 16.0 Å². The van der Waals surface area contributed by atoms with E-state index in [1.807, 2.05) is 0 Å². The summed E-state index contributed by atoms with van der Waals surface area (Å²) in [6, 6.07) is 0.121. The number of hydrogen-bond donors (Lipinski definition) is 2. The molecule has 2 saturated carbocycles. The fraction of sp³-hybridized carbons (Fsp3) is 0.941. The van der Waals surface area contributed by atoms with Gasteiger partial charge in [0.15, 0.2) is 0 Å². The molecule has 3 fully saturated rings. The van der Waals surface area contributed by atoms with Gasteiger partial charge in [0, 0.05) is 12.6 Å². The van der Waals surface area contributed by atoms with Gasteiger partial charge in [-0.25, -0.2) is 0 Å². The number of carbonyl (C=O) groups excluding carboxylic acids is 1. The largest absolute Gasteiger partial charge is 0.356 e. The minimum atomic E-state index is 0.101. The molecule has 1 amide bonds. The monoisotopic (exact) mass is 293 g/mol. The second-order valence-electron chi connectivity index (χ2n) is 7.47. The summed E-state index contributed by atoms with van der Waals surface area (Å²) >= 11 is 0. The minimum Gasteiger partial charge on any atom is -0.356 e. The molecule has 2 aliphatic carbocycles. The molecule has 4 heteroatoms. The number of amides is 1. The molecule has 0 aromatic rings. The Morgan fingerprint density at radius 3 is 2.52 bits per heavy atom. The molecule has 0 spiro atoms. The molecule has 0 radical (unpaired) electrons. The fourth-order valence-corrected chi connectivity index (χ4v) is 4.82. The van der Waals surface area contributed by atoms with Crippen LogP contribution < -0.4 is 11.1 Å². The van der Waals surface area contributed by atoms with Crippen molar-refractivity contribution in [1.82, 2.24) is 10.2 Å². The van der Waals surface area contributed by atoms with E-state index in [0.717, 1.165) is 6.54 Å². The average Bonchev–Trinajstić information content (AvgIpc) is 3.07. The van der Waals surface area contributed by atoms with Crippen LogP contribution in [-0.2, 0) is 4.79 Å². The highest BCUT2D eigenvalue weighted by Crippen LogP contribution is 2.47. The molecule has 4 atom stereocenters. The van der Waals surface area contributed by atoms with Gasteiger partial charge in [0.1, 0.15) is 0 Å². The van der Waals surface area contributed by atoms with Crippen LogP contribution in [-0.4, -0.2) is 43.0 Å². The van der Waals surface area contributed by atoms with E-state index in [0.29, 0.717) is 17.8 Å². The zero-order chi connectivity index (χ0) is 14.8. The third-order valence-corrected chi connectivity index (χ3v) is 6.10. The van der Waals surface area contributed by atoms with Crippen molar-refractivity contribution in [3.63, 3.8) is 0 Å². The summed E-state index contributed by atoms with van der Waals surface area (Å²) < 4.78 is 0. The molecule has 1 heterocycles. The fourth-order valence-electron chi connectivity index (χ4n) is 4.82. The number of fused-ring (bicyclic) bond motifs is 2. The molecule has 4 unspecified atom stereocenters. The Balaban J connectivity index is 1.41. The van der Waals surface area contributed by atoms with E-state index in [-0.39, 0.29) is 17.9 Å². The highest BCUT2D eigenvalue weighted by Gasteiger charge is 2.48. The third kappa shape index (κ3) is 3.26. The highest BCUT2D eigenvalue weighted by atomic mass is 16.1. The Bertz CT molecular complexity index is 363. The number of rotatable bonds is 5. The van der Waals surface area contributed by atoms with Gasteiger partial charge in [-0.05, 0) is 75.9 Å². The Kier molecular flexibility index (Phi) is 4.85. The van der Waals surface area contributed by atoms with Crippen molar-refractivity contribution in [2.45, 2.75) is 51.5 Å². The molecule has 1 aliphatic heterocycles. The minimum absolute atomic E-state index is 0.101. The molecule has 3 rings (SSSR count). The molecule has 0 aromatic carbocycles. The average molecular weight is 293 g/mol. The van der Waals surface area contributed by atoms with Crippen LogP contribution in [0.15, 0.2) is 0 Å². The van der Waals surface area contributed by atoms with Crippen molar-refractivity contribution in [2.75, 3.05) is 26.2 Å². The van der Waals surface area contributed by atoms with Crippen LogP contribution in [0.3, 0.4) is 0 Å². The molecule has 120 valence electrons. The van der Waals surface area contributed by atoms with Crippen LogP contribution in [0.5, 0.6) is 0 Å². The van der Waals surface area contributed by atoms with Crippen LogP contribution in [0, 0.1) is 23.7 Å². The lowest BCUT2D eigenvalue weighted by atomic mass is 9.84. The van der Waals surface area contributed by atoms with Gasteiger partial charge in [-0.3, -0.25) is 4.79 Å². The summed E-state index contributed by atoms with van der Waals surface area (Å²) in [4.78, 5) is 15.0. The molecule has 2 bridgehead atoms. The third-order valence-electron chi connectivity index (χ3n) is 6.10. The number of piperidine rings is 1. The lowest BCUT2D eigenvalue weighted by Gasteiger charge is -2.32. The first kappa shape index (κ1) is 15.3. The smallest absolute Gasteiger partial charge is 0.224 e. The van der Waals surface area contributed by atoms with Crippen molar-refractivity contribution >= 4 is 5.91 Å². The number of carbonyl (C=O) groups is 1. The molecule has 0 aromatic heterocycles. The van der Waals surface area contributed by atoms with Crippen molar-refractivity contribution in [2.24, 2.45) is 29.4 Å². The predicted octanol–water partition coefficient (Wildman–Crippen LogP) is 1.60. The van der Waals surface area contributed by atoms with E-state index >= 15 is 0 Å². The van der Waals surface area contributed by atoms with Gasteiger partial charge in [-0.2, -0.15) is 0 Å². The number of hydrogen-bond acceptors (Lipinski definition) is 3. The topological polar surface area (TPSA) is 58.4 Å². The normalized spacial score (nSPS) is 37.0. The van der Waals surface area contributed by atoms with Gasteiger partial charge in [-0.1, -0.05) is 6.92 Å². The molecule has 4 nitrogen and oxygen atoms in total. The second-order valence-corrected chi connectivity index (χ2v) is 7.47. The first-order valence-corrected chi connectivity index (χ1v) is 8.94. The van der Waals surface area contributed by atoms with Crippen molar-refractivity contribution in [1.29, 1.82) is 0 Å². The first-order chi connectivity index (χ1) is 10.2. The highest BCUT2D eigenvalue weighted by molar-refractivity contribution is 5.80. The SMILES string of the molecule is CCCN1CCC(CNC(=O)C2C3CCC(C3)C2N)CC1. The van der Waals surface area contributed by atoms with Crippen LogP contribution >= 0.6 is 0 Å². The van der Waals surface area contributed by atoms with Gasteiger partial charge >= 0.3 is 0 Å². The molecular weight excluding hydrogens is 262 g/mol. The lowest BCUT2D eigenvalue weighted by Crippen LogP contribution is -2.47. The van der Waals surface area contributed by atoms with Crippen LogP contribution in [0.1, 0.15) is 45.4 Å². The van der Waals surface area contributed by atoms with Crippen LogP contribution in [0.25, 0.3) is 0 Å². The summed E-state index contributed by atoms with van der Waals surface area (Å²) in [5, 5.41) is 3.22. The van der Waals surface area contributed by atoms with Crippen molar-refractivity contribution < 1.29 is 4.79 Å². The number of nitrogens with one attached hydrogen (secondary N) is 1. The number of nitrogens with zero attached hydrogens (tertiary/aromatic N) is 1. The molecule has 3 aliphatic rings. The van der Waals surface area contributed by atoms with E-state index in [4.69, 9.17) is 5.73 Å². The Hall–Kier alpha value is -0.610. The maximum absolute atomic E-state index is 12.5. The van der Waals surface area contributed by atoms with Crippen LogP contribution in [0.4, 0.5) is 0 Å². The van der Waals surface area contributed by atoms with E-state index in [1.54, 1.807) is 0 Å². The number of likely N-dealkylation sites (tertiary alicyclic amines) is 1. The summed E-state index contributed by atoms with van der Waals surface area (Å²) in [6.07, 6.45) is 7.33. The molecule has 21 heavy (non-hydrogen) atoms. The van der Waals surface area contributed by atoms with Crippen molar-refractivity contribution in [3.8, 4) is 0 Å². The summed E-state index contributed by atoms with van der Waals surface area (Å²) in [7, 11) is 0. The Labute approximate surface area is 128 Å². The summed E-state index contributed by atoms with van der Waals surface area (Å²) in [5.74, 6) is 2.19. The predicted molar refractivity (Wildman–Crippen MR) is 84.8 cm³/mol.